The highest BCUT2D eigenvalue weighted by molar-refractivity contribution is 5.76. The number of hydrogen-bond donors (Lipinski definition) is 1. The minimum Gasteiger partial charge on any atom is -0.346 e. The van der Waals surface area contributed by atoms with Crippen molar-refractivity contribution in [1.82, 2.24) is 29.9 Å². The van der Waals surface area contributed by atoms with Crippen LogP contribution in [0.15, 0.2) is 18.7 Å². The number of nitrogens with zero attached hydrogens (tertiary/aromatic N) is 5. The third-order valence-electron chi connectivity index (χ3n) is 3.40. The van der Waals surface area contributed by atoms with E-state index in [2.05, 4.69) is 20.5 Å². The van der Waals surface area contributed by atoms with E-state index >= 15 is 0 Å². The molecule has 2 aromatic heterocycles. The van der Waals surface area contributed by atoms with Crippen LogP contribution in [-0.2, 0) is 24.8 Å². The van der Waals surface area contributed by atoms with Crippen LogP contribution < -0.4 is 5.32 Å². The van der Waals surface area contributed by atoms with E-state index in [1.807, 2.05) is 31.8 Å². The van der Waals surface area contributed by atoms with Gasteiger partial charge in [0.1, 0.15) is 12.2 Å². The Labute approximate surface area is 124 Å². The lowest BCUT2D eigenvalue weighted by atomic mass is 10.1. The summed E-state index contributed by atoms with van der Waals surface area (Å²) in [5.41, 5.74) is 1.07. The molecule has 7 heteroatoms. The predicted octanol–water partition coefficient (Wildman–Crippen LogP) is 1.23. The Balaban J connectivity index is 1.91. The lowest BCUT2D eigenvalue weighted by Crippen LogP contribution is -2.30. The highest BCUT2D eigenvalue weighted by atomic mass is 16.1. The van der Waals surface area contributed by atoms with Crippen LogP contribution in [-0.4, -0.2) is 30.5 Å². The molecule has 1 atom stereocenters. The lowest BCUT2D eigenvalue weighted by Gasteiger charge is -2.16. The summed E-state index contributed by atoms with van der Waals surface area (Å²) in [6.45, 7) is 4.78. The van der Waals surface area contributed by atoms with Gasteiger partial charge in [0.05, 0.1) is 12.2 Å². The van der Waals surface area contributed by atoms with E-state index in [0.29, 0.717) is 12.8 Å². The van der Waals surface area contributed by atoms with Gasteiger partial charge in [-0.3, -0.25) is 9.48 Å². The summed E-state index contributed by atoms with van der Waals surface area (Å²) in [7, 11) is 1.87. The van der Waals surface area contributed by atoms with Gasteiger partial charge in [0.15, 0.2) is 0 Å². The molecule has 0 spiro atoms. The number of carbonyl (C=O) groups is 1. The van der Waals surface area contributed by atoms with E-state index in [1.54, 1.807) is 10.9 Å². The zero-order valence-corrected chi connectivity index (χ0v) is 12.8. The molecule has 0 aliphatic rings. The fourth-order valence-corrected chi connectivity index (χ4v) is 2.26. The maximum atomic E-state index is 12.1. The quantitative estimate of drug-likeness (QED) is 0.832. The molecule has 2 rings (SSSR count). The molecule has 2 heterocycles. The lowest BCUT2D eigenvalue weighted by molar-refractivity contribution is -0.121. The minimum atomic E-state index is -0.0890. The van der Waals surface area contributed by atoms with Crippen LogP contribution in [0, 0.1) is 0 Å². The Morgan fingerprint density at radius 2 is 2.19 bits per heavy atom. The van der Waals surface area contributed by atoms with Gasteiger partial charge in [-0.1, -0.05) is 6.92 Å². The van der Waals surface area contributed by atoms with Crippen molar-refractivity contribution in [2.24, 2.45) is 7.05 Å². The molecule has 0 bridgehead atoms. The van der Waals surface area contributed by atoms with Crippen molar-refractivity contribution in [3.63, 3.8) is 0 Å². The van der Waals surface area contributed by atoms with Gasteiger partial charge in [-0.05, 0) is 25.3 Å². The van der Waals surface area contributed by atoms with E-state index in [0.717, 1.165) is 24.4 Å². The summed E-state index contributed by atoms with van der Waals surface area (Å²) in [5, 5.41) is 11.3. The summed E-state index contributed by atoms with van der Waals surface area (Å²) >= 11 is 0. The highest BCUT2D eigenvalue weighted by Crippen LogP contribution is 2.14. The Bertz CT molecular complexity index is 588. The van der Waals surface area contributed by atoms with Crippen molar-refractivity contribution >= 4 is 5.91 Å². The first-order chi connectivity index (χ1) is 10.1. The molecule has 1 N–H and O–H groups in total. The van der Waals surface area contributed by atoms with Crippen LogP contribution in [0.3, 0.4) is 0 Å². The van der Waals surface area contributed by atoms with Crippen molar-refractivity contribution in [3.8, 4) is 0 Å². The van der Waals surface area contributed by atoms with Crippen LogP contribution in [0.5, 0.6) is 0 Å². The van der Waals surface area contributed by atoms with Gasteiger partial charge in [0.25, 0.3) is 0 Å². The normalized spacial score (nSPS) is 12.3. The molecule has 0 saturated heterocycles. The van der Waals surface area contributed by atoms with Crippen molar-refractivity contribution in [3.05, 3.63) is 30.1 Å². The SMILES string of the molecule is CCC(NC(=O)CCc1cnn(C)c1)c1ncnn1CC. The first-order valence-corrected chi connectivity index (χ1v) is 7.28. The van der Waals surface area contributed by atoms with E-state index in [4.69, 9.17) is 0 Å². The topological polar surface area (TPSA) is 77.6 Å². The second-order valence-corrected chi connectivity index (χ2v) is 4.98. The monoisotopic (exact) mass is 290 g/mol. The average molecular weight is 290 g/mol. The summed E-state index contributed by atoms with van der Waals surface area (Å²) < 4.78 is 3.56. The second kappa shape index (κ2) is 7.01. The van der Waals surface area contributed by atoms with Crippen LogP contribution >= 0.6 is 0 Å². The fourth-order valence-electron chi connectivity index (χ4n) is 2.26. The number of amides is 1. The van der Waals surface area contributed by atoms with Crippen LogP contribution in [0.4, 0.5) is 0 Å². The molecule has 1 amide bonds. The van der Waals surface area contributed by atoms with Gasteiger partial charge in [-0.15, -0.1) is 0 Å². The minimum absolute atomic E-state index is 0.0244. The molecule has 2 aromatic rings. The molecule has 0 aliphatic carbocycles. The molecule has 7 nitrogen and oxygen atoms in total. The molecular formula is C14H22N6O. The first kappa shape index (κ1) is 15.2. The van der Waals surface area contributed by atoms with Crippen molar-refractivity contribution in [2.45, 2.75) is 45.7 Å². The number of aromatic nitrogens is 5. The number of carbonyl (C=O) groups excluding carboxylic acids is 1. The molecule has 21 heavy (non-hydrogen) atoms. The Kier molecular flexibility index (Phi) is 5.08. The number of hydrogen-bond acceptors (Lipinski definition) is 4. The molecule has 1 unspecified atom stereocenters. The van der Waals surface area contributed by atoms with Crippen molar-refractivity contribution in [1.29, 1.82) is 0 Å². The average Bonchev–Trinajstić information content (AvgIpc) is 3.11. The van der Waals surface area contributed by atoms with Gasteiger partial charge < -0.3 is 5.32 Å². The molecule has 0 aromatic carbocycles. The molecular weight excluding hydrogens is 268 g/mol. The van der Waals surface area contributed by atoms with E-state index in [-0.39, 0.29) is 11.9 Å². The molecule has 0 fully saturated rings. The second-order valence-electron chi connectivity index (χ2n) is 4.98. The zero-order valence-electron chi connectivity index (χ0n) is 12.8. The van der Waals surface area contributed by atoms with Crippen molar-refractivity contribution < 1.29 is 4.79 Å². The number of aryl methyl sites for hydroxylation is 3. The largest absolute Gasteiger partial charge is 0.346 e. The Morgan fingerprint density at radius 1 is 1.38 bits per heavy atom. The summed E-state index contributed by atoms with van der Waals surface area (Å²) in [4.78, 5) is 16.3. The zero-order chi connectivity index (χ0) is 15.2. The molecule has 0 aliphatic heterocycles. The molecule has 0 radical (unpaired) electrons. The van der Waals surface area contributed by atoms with Gasteiger partial charge in [-0.25, -0.2) is 9.67 Å². The third kappa shape index (κ3) is 3.90. The van der Waals surface area contributed by atoms with Gasteiger partial charge in [0, 0.05) is 26.2 Å². The van der Waals surface area contributed by atoms with E-state index in [1.165, 1.54) is 6.33 Å². The maximum Gasteiger partial charge on any atom is 0.220 e. The molecule has 114 valence electrons. The smallest absolute Gasteiger partial charge is 0.220 e. The van der Waals surface area contributed by atoms with E-state index in [9.17, 15) is 4.79 Å². The highest BCUT2D eigenvalue weighted by Gasteiger charge is 2.17. The predicted molar refractivity (Wildman–Crippen MR) is 78.4 cm³/mol. The Morgan fingerprint density at radius 3 is 2.81 bits per heavy atom. The summed E-state index contributed by atoms with van der Waals surface area (Å²) in [6, 6.07) is -0.0890. The van der Waals surface area contributed by atoms with Crippen LogP contribution in [0.2, 0.25) is 0 Å². The summed E-state index contributed by atoms with van der Waals surface area (Å²) in [5.74, 6) is 0.839. The van der Waals surface area contributed by atoms with Gasteiger partial charge in [0.2, 0.25) is 5.91 Å². The van der Waals surface area contributed by atoms with Crippen LogP contribution in [0.1, 0.15) is 44.1 Å². The number of nitrogens with one attached hydrogen (secondary N) is 1. The standard InChI is InChI=1S/C14H22N6O/c1-4-12(14-15-10-17-20(14)5-2)18-13(21)7-6-11-8-16-19(3)9-11/h8-10,12H,4-7H2,1-3H3,(H,18,21). The number of rotatable bonds is 7. The van der Waals surface area contributed by atoms with Gasteiger partial charge >= 0.3 is 0 Å². The Hall–Kier alpha value is -2.18. The van der Waals surface area contributed by atoms with Crippen LogP contribution in [0.25, 0.3) is 0 Å². The first-order valence-electron chi connectivity index (χ1n) is 7.28. The fraction of sp³-hybridized carbons (Fsp3) is 0.571. The maximum absolute atomic E-state index is 12.1. The third-order valence-corrected chi connectivity index (χ3v) is 3.40. The molecule has 0 saturated carbocycles. The van der Waals surface area contributed by atoms with Gasteiger partial charge in [-0.2, -0.15) is 10.2 Å². The van der Waals surface area contributed by atoms with Crippen molar-refractivity contribution in [2.75, 3.05) is 0 Å². The summed E-state index contributed by atoms with van der Waals surface area (Å²) in [6.07, 6.45) is 7.18. The van der Waals surface area contributed by atoms with E-state index < -0.39 is 0 Å².